The molecule has 1 atom stereocenters. The van der Waals surface area contributed by atoms with Crippen molar-refractivity contribution in [3.8, 4) is 11.5 Å². The fourth-order valence-corrected chi connectivity index (χ4v) is 5.18. The first-order chi connectivity index (χ1) is 14.0. The molecule has 0 unspecified atom stereocenters. The molecule has 29 heavy (non-hydrogen) atoms. The van der Waals surface area contributed by atoms with E-state index in [0.717, 1.165) is 15.6 Å². The van der Waals surface area contributed by atoms with Crippen LogP contribution in [0.25, 0.3) is 0 Å². The number of nitrogens with zero attached hydrogens (tertiary/aromatic N) is 1. The molecule has 5 nitrogen and oxygen atoms in total. The van der Waals surface area contributed by atoms with E-state index >= 15 is 0 Å². The van der Waals surface area contributed by atoms with Crippen molar-refractivity contribution in [3.05, 3.63) is 58.1 Å². The van der Waals surface area contributed by atoms with E-state index in [0.29, 0.717) is 42.0 Å². The minimum absolute atomic E-state index is 0.0246. The predicted molar refractivity (Wildman–Crippen MR) is 123 cm³/mol. The van der Waals surface area contributed by atoms with Gasteiger partial charge in [-0.1, -0.05) is 54.3 Å². The molecule has 1 aliphatic rings. The molecule has 0 radical (unpaired) electrons. The van der Waals surface area contributed by atoms with Gasteiger partial charge in [-0.2, -0.15) is 0 Å². The van der Waals surface area contributed by atoms with Crippen molar-refractivity contribution in [3.63, 3.8) is 0 Å². The largest absolute Gasteiger partial charge is 0.493 e. The molecule has 1 heterocycles. The number of carbonyl (C=O) groups excluding carboxylic acids is 1. The van der Waals surface area contributed by atoms with Crippen LogP contribution in [0.3, 0.4) is 0 Å². The van der Waals surface area contributed by atoms with Crippen LogP contribution in [0.15, 0.2) is 46.9 Å². The maximum absolute atomic E-state index is 12.7. The van der Waals surface area contributed by atoms with Crippen LogP contribution in [0.1, 0.15) is 11.1 Å². The van der Waals surface area contributed by atoms with Gasteiger partial charge in [0, 0.05) is 7.11 Å². The molecule has 1 amide bonds. The van der Waals surface area contributed by atoms with Crippen LogP contribution in [0, 0.1) is 0 Å². The summed E-state index contributed by atoms with van der Waals surface area (Å²) in [5.41, 5.74) is 2.05. The molecule has 8 heteroatoms. The van der Waals surface area contributed by atoms with Gasteiger partial charge in [-0.3, -0.25) is 9.69 Å². The summed E-state index contributed by atoms with van der Waals surface area (Å²) >= 11 is 10.4. The monoisotopic (exact) mass is 495 g/mol. The highest BCUT2D eigenvalue weighted by Gasteiger charge is 2.36. The van der Waals surface area contributed by atoms with Crippen molar-refractivity contribution >= 4 is 50.1 Å². The normalized spacial score (nSPS) is 16.4. The summed E-state index contributed by atoms with van der Waals surface area (Å²) in [5, 5.41) is -0.243. The summed E-state index contributed by atoms with van der Waals surface area (Å²) in [6.07, 6.45) is 0.557. The van der Waals surface area contributed by atoms with Crippen molar-refractivity contribution in [2.75, 3.05) is 27.4 Å². The molecule has 0 saturated carbocycles. The van der Waals surface area contributed by atoms with Gasteiger partial charge in [0.2, 0.25) is 5.91 Å². The smallest absolute Gasteiger partial charge is 0.242 e. The van der Waals surface area contributed by atoms with Gasteiger partial charge in [0.05, 0.1) is 30.0 Å². The lowest BCUT2D eigenvalue weighted by Gasteiger charge is -2.16. The number of thiocarbonyl (C=S) groups is 1. The average Bonchev–Trinajstić information content (AvgIpc) is 2.98. The van der Waals surface area contributed by atoms with Gasteiger partial charge in [-0.15, -0.1) is 0 Å². The molecule has 0 bridgehead atoms. The highest BCUT2D eigenvalue weighted by Crippen LogP contribution is 2.39. The molecule has 1 aliphatic heterocycles. The number of methoxy groups -OCH3 is 2. The molecule has 0 aromatic heterocycles. The summed E-state index contributed by atoms with van der Waals surface area (Å²) in [7, 11) is 3.22. The maximum Gasteiger partial charge on any atom is 0.242 e. The van der Waals surface area contributed by atoms with Gasteiger partial charge in [0.1, 0.15) is 10.9 Å². The zero-order valence-electron chi connectivity index (χ0n) is 16.2. The number of halogens is 1. The second-order valence-corrected chi connectivity index (χ2v) is 9.13. The molecular formula is C21H22BrNO4S2. The first-order valence-electron chi connectivity index (χ1n) is 9.07. The molecule has 0 spiro atoms. The molecule has 0 N–H and O–H groups in total. The fourth-order valence-electron chi connectivity index (χ4n) is 2.99. The topological polar surface area (TPSA) is 48.0 Å². The van der Waals surface area contributed by atoms with E-state index in [9.17, 15) is 4.79 Å². The predicted octanol–water partition coefficient (Wildman–Crippen LogP) is 4.45. The highest BCUT2D eigenvalue weighted by molar-refractivity contribution is 9.10. The second-order valence-electron chi connectivity index (χ2n) is 6.44. The molecule has 2 aromatic carbocycles. The Balaban J connectivity index is 1.72. The fraction of sp³-hybridized carbons (Fsp3) is 0.333. The minimum Gasteiger partial charge on any atom is -0.493 e. The van der Waals surface area contributed by atoms with E-state index in [1.54, 1.807) is 19.1 Å². The van der Waals surface area contributed by atoms with Crippen LogP contribution in [0.2, 0.25) is 0 Å². The van der Waals surface area contributed by atoms with Crippen LogP contribution < -0.4 is 9.47 Å². The lowest BCUT2D eigenvalue weighted by molar-refractivity contribution is -0.126. The summed E-state index contributed by atoms with van der Waals surface area (Å²) in [6.45, 7) is 1.39. The summed E-state index contributed by atoms with van der Waals surface area (Å²) in [5.74, 6) is 1.29. The van der Waals surface area contributed by atoms with Gasteiger partial charge < -0.3 is 14.2 Å². The summed E-state index contributed by atoms with van der Waals surface area (Å²) in [6, 6.07) is 13.8. The summed E-state index contributed by atoms with van der Waals surface area (Å²) in [4.78, 5) is 14.3. The SMILES string of the molecule is COCCN1C(=O)[C@H](Cc2cc(Br)c(OCc3ccccc3)c(OC)c2)SC1=S. The average molecular weight is 496 g/mol. The molecule has 154 valence electrons. The van der Waals surface area contributed by atoms with Gasteiger partial charge >= 0.3 is 0 Å². The Morgan fingerprint density at radius 2 is 1.93 bits per heavy atom. The van der Waals surface area contributed by atoms with E-state index in [2.05, 4.69) is 15.9 Å². The molecule has 3 rings (SSSR count). The number of thioether (sulfide) groups is 1. The number of rotatable bonds is 9. The third kappa shape index (κ3) is 5.51. The van der Waals surface area contributed by atoms with Crippen molar-refractivity contribution < 1.29 is 19.0 Å². The van der Waals surface area contributed by atoms with Crippen molar-refractivity contribution in [1.82, 2.24) is 4.90 Å². The van der Waals surface area contributed by atoms with Crippen LogP contribution in [-0.4, -0.2) is 47.7 Å². The Labute approximate surface area is 188 Å². The maximum atomic E-state index is 12.7. The van der Waals surface area contributed by atoms with Crippen molar-refractivity contribution in [1.29, 1.82) is 0 Å². The Hall–Kier alpha value is -1.61. The van der Waals surface area contributed by atoms with Gasteiger partial charge in [-0.05, 0) is 45.6 Å². The van der Waals surface area contributed by atoms with E-state index < -0.39 is 0 Å². The first kappa shape index (κ1) is 22.1. The Morgan fingerprint density at radius 1 is 1.17 bits per heavy atom. The van der Waals surface area contributed by atoms with E-state index in [1.807, 2.05) is 42.5 Å². The quantitative estimate of drug-likeness (QED) is 0.478. The zero-order chi connectivity index (χ0) is 20.8. The second kappa shape index (κ2) is 10.4. The van der Waals surface area contributed by atoms with Crippen LogP contribution in [0.4, 0.5) is 0 Å². The van der Waals surface area contributed by atoms with E-state index in [4.69, 9.17) is 26.4 Å². The van der Waals surface area contributed by atoms with Crippen molar-refractivity contribution in [2.45, 2.75) is 18.3 Å². The Bertz CT molecular complexity index is 878. The first-order valence-corrected chi connectivity index (χ1v) is 11.2. The molecule has 0 aliphatic carbocycles. The van der Waals surface area contributed by atoms with Gasteiger partial charge in [-0.25, -0.2) is 0 Å². The van der Waals surface area contributed by atoms with Crippen LogP contribution in [-0.2, 0) is 22.6 Å². The van der Waals surface area contributed by atoms with Crippen molar-refractivity contribution in [2.24, 2.45) is 0 Å². The Kier molecular flexibility index (Phi) is 7.94. The third-order valence-electron chi connectivity index (χ3n) is 4.46. The Morgan fingerprint density at radius 3 is 2.62 bits per heavy atom. The highest BCUT2D eigenvalue weighted by atomic mass is 79.9. The number of hydrogen-bond donors (Lipinski definition) is 0. The standard InChI is InChI=1S/C21H22BrNO4S2/c1-25-9-8-23-20(24)18(29-21(23)28)12-15-10-16(22)19(17(11-15)26-2)27-13-14-6-4-3-5-7-14/h3-7,10-11,18H,8-9,12-13H2,1-2H3/t18-/m0/s1. The molecular weight excluding hydrogens is 474 g/mol. The number of hydrogen-bond acceptors (Lipinski definition) is 6. The van der Waals surface area contributed by atoms with E-state index in [-0.39, 0.29) is 11.2 Å². The van der Waals surface area contributed by atoms with E-state index in [1.165, 1.54) is 11.8 Å². The third-order valence-corrected chi connectivity index (χ3v) is 6.63. The van der Waals surface area contributed by atoms with Gasteiger partial charge in [0.25, 0.3) is 0 Å². The van der Waals surface area contributed by atoms with Crippen LogP contribution >= 0.6 is 39.9 Å². The number of amides is 1. The molecule has 1 fully saturated rings. The summed E-state index contributed by atoms with van der Waals surface area (Å²) < 4.78 is 18.0. The lowest BCUT2D eigenvalue weighted by atomic mass is 10.1. The lowest BCUT2D eigenvalue weighted by Crippen LogP contribution is -2.34. The molecule has 2 aromatic rings. The van der Waals surface area contributed by atoms with Crippen LogP contribution in [0.5, 0.6) is 11.5 Å². The number of ether oxygens (including phenoxy) is 3. The molecule has 1 saturated heterocycles. The number of benzene rings is 2. The number of carbonyl (C=O) groups is 1. The minimum atomic E-state index is -0.243. The zero-order valence-corrected chi connectivity index (χ0v) is 19.4. The van der Waals surface area contributed by atoms with Gasteiger partial charge in [0.15, 0.2) is 11.5 Å².